The van der Waals surface area contributed by atoms with Gasteiger partial charge < -0.3 is 4.74 Å². The van der Waals surface area contributed by atoms with Crippen LogP contribution in [0.5, 0.6) is 0 Å². The number of rotatable bonds is 4. The minimum Gasteiger partial charge on any atom is -0.361 e. The molecule has 0 atom stereocenters. The molecule has 1 aliphatic heterocycles. The van der Waals surface area contributed by atoms with Gasteiger partial charge in [-0.25, -0.2) is 8.42 Å². The van der Waals surface area contributed by atoms with Crippen molar-refractivity contribution in [2.24, 2.45) is 5.92 Å². The third-order valence-corrected chi connectivity index (χ3v) is 7.50. The molecule has 26 heavy (non-hydrogen) atoms. The quantitative estimate of drug-likeness (QED) is 0.724. The van der Waals surface area contributed by atoms with Gasteiger partial charge in [0.2, 0.25) is 9.84 Å². The molecule has 1 aliphatic carbocycles. The fourth-order valence-electron chi connectivity index (χ4n) is 4.56. The van der Waals surface area contributed by atoms with Crippen LogP contribution in [0.3, 0.4) is 0 Å². The highest BCUT2D eigenvalue weighted by Gasteiger charge is 2.52. The van der Waals surface area contributed by atoms with Crippen LogP contribution in [0.4, 0.5) is 0 Å². The molecule has 4 heteroatoms. The highest BCUT2D eigenvalue weighted by Crippen LogP contribution is 2.54. The van der Waals surface area contributed by atoms with Crippen LogP contribution in [0.1, 0.15) is 43.7 Å². The zero-order valence-electron chi connectivity index (χ0n) is 15.1. The Morgan fingerprint density at radius 2 is 1.54 bits per heavy atom. The maximum absolute atomic E-state index is 13.3. The molecule has 2 aliphatic rings. The van der Waals surface area contributed by atoms with Gasteiger partial charge in [0.15, 0.2) is 0 Å². The predicted molar refractivity (Wildman–Crippen MR) is 102 cm³/mol. The lowest BCUT2D eigenvalue weighted by atomic mass is 9.74. The summed E-state index contributed by atoms with van der Waals surface area (Å²) in [5.41, 5.74) is 1.78. The average molecular weight is 368 g/mol. The monoisotopic (exact) mass is 368 g/mol. The van der Waals surface area contributed by atoms with Gasteiger partial charge in [-0.2, -0.15) is 0 Å². The molecule has 0 aromatic heterocycles. The minimum absolute atomic E-state index is 0.264. The Balaban J connectivity index is 2.05. The van der Waals surface area contributed by atoms with Crippen LogP contribution in [0.25, 0.3) is 0 Å². The van der Waals surface area contributed by atoms with Crippen molar-refractivity contribution < 1.29 is 13.2 Å². The van der Waals surface area contributed by atoms with Gasteiger partial charge in [0.25, 0.3) is 0 Å². The Morgan fingerprint density at radius 1 is 1.04 bits per heavy atom. The van der Waals surface area contributed by atoms with Gasteiger partial charge in [-0.05, 0) is 37.8 Å². The molecule has 3 nitrogen and oxygen atoms in total. The van der Waals surface area contributed by atoms with Crippen molar-refractivity contribution in [3.8, 4) is 0 Å². The first kappa shape index (κ1) is 17.5. The van der Waals surface area contributed by atoms with E-state index in [1.165, 1.54) is 0 Å². The zero-order chi connectivity index (χ0) is 18.4. The average Bonchev–Trinajstić information content (AvgIpc) is 3.17. The standard InChI is InChI=1S/C22H24O3S/c1-16(2)15-25-22(17-9-3-4-10-17)18-11-5-7-13-20(18)26(23,24)21-14-8-6-12-19(21)22/h5-8,11-14,17H,1,3-4,9-10,15H2,2H3. The van der Waals surface area contributed by atoms with Gasteiger partial charge in [-0.15, -0.1) is 0 Å². The molecule has 0 amide bonds. The molecule has 2 aromatic rings. The third-order valence-electron chi connectivity index (χ3n) is 5.63. The summed E-state index contributed by atoms with van der Waals surface area (Å²) < 4.78 is 33.1. The maximum Gasteiger partial charge on any atom is 0.207 e. The summed E-state index contributed by atoms with van der Waals surface area (Å²) >= 11 is 0. The van der Waals surface area contributed by atoms with Crippen LogP contribution in [-0.4, -0.2) is 15.0 Å². The van der Waals surface area contributed by atoms with Crippen LogP contribution in [0.2, 0.25) is 0 Å². The Labute approximate surface area is 155 Å². The smallest absolute Gasteiger partial charge is 0.207 e. The second-order valence-corrected chi connectivity index (χ2v) is 9.35. The topological polar surface area (TPSA) is 43.4 Å². The van der Waals surface area contributed by atoms with Crippen molar-refractivity contribution in [3.05, 3.63) is 71.8 Å². The Hall–Kier alpha value is -1.91. The summed E-state index contributed by atoms with van der Waals surface area (Å²) in [7, 11) is -3.54. The largest absolute Gasteiger partial charge is 0.361 e. The third kappa shape index (κ3) is 2.47. The zero-order valence-corrected chi connectivity index (χ0v) is 15.9. The summed E-state index contributed by atoms with van der Waals surface area (Å²) in [6.45, 7) is 6.35. The number of hydrogen-bond acceptors (Lipinski definition) is 3. The molecular weight excluding hydrogens is 344 g/mol. The lowest BCUT2D eigenvalue weighted by molar-refractivity contribution is -0.0549. The molecular formula is C22H24O3S. The molecule has 0 bridgehead atoms. The van der Waals surface area contributed by atoms with E-state index in [-0.39, 0.29) is 5.92 Å². The normalized spacial score (nSPS) is 20.3. The van der Waals surface area contributed by atoms with Crippen LogP contribution in [-0.2, 0) is 20.2 Å². The van der Waals surface area contributed by atoms with E-state index in [0.29, 0.717) is 16.4 Å². The second kappa shape index (κ2) is 6.36. The van der Waals surface area contributed by atoms with Crippen LogP contribution < -0.4 is 0 Å². The molecule has 4 rings (SSSR count). The number of sulfone groups is 1. The second-order valence-electron chi connectivity index (χ2n) is 7.46. The summed E-state index contributed by atoms with van der Waals surface area (Å²) in [5, 5.41) is 0. The van der Waals surface area contributed by atoms with Crippen molar-refractivity contribution >= 4 is 9.84 Å². The van der Waals surface area contributed by atoms with Crippen molar-refractivity contribution in [2.75, 3.05) is 6.61 Å². The molecule has 1 heterocycles. The van der Waals surface area contributed by atoms with E-state index in [4.69, 9.17) is 4.74 Å². The van der Waals surface area contributed by atoms with Crippen molar-refractivity contribution in [1.29, 1.82) is 0 Å². The molecule has 136 valence electrons. The number of hydrogen-bond donors (Lipinski definition) is 0. The van der Waals surface area contributed by atoms with E-state index in [2.05, 4.69) is 6.58 Å². The molecule has 0 spiro atoms. The van der Waals surface area contributed by atoms with Crippen LogP contribution >= 0.6 is 0 Å². The first-order valence-electron chi connectivity index (χ1n) is 9.20. The van der Waals surface area contributed by atoms with Gasteiger partial charge in [0.1, 0.15) is 5.60 Å². The molecule has 1 saturated carbocycles. The van der Waals surface area contributed by atoms with Crippen LogP contribution in [0.15, 0.2) is 70.5 Å². The first-order chi connectivity index (χ1) is 12.5. The van der Waals surface area contributed by atoms with E-state index in [1.54, 1.807) is 24.3 Å². The number of ether oxygens (including phenoxy) is 1. The van der Waals surface area contributed by atoms with Gasteiger partial charge in [0.05, 0.1) is 16.4 Å². The van der Waals surface area contributed by atoms with E-state index in [1.807, 2.05) is 31.2 Å². The van der Waals surface area contributed by atoms with Crippen LogP contribution in [0, 0.1) is 5.92 Å². The fourth-order valence-corrected chi connectivity index (χ4v) is 6.33. The van der Waals surface area contributed by atoms with Crippen molar-refractivity contribution in [1.82, 2.24) is 0 Å². The molecule has 0 N–H and O–H groups in total. The van der Waals surface area contributed by atoms with E-state index < -0.39 is 15.4 Å². The van der Waals surface area contributed by atoms with E-state index in [9.17, 15) is 8.42 Å². The molecule has 1 fully saturated rings. The summed E-state index contributed by atoms with van der Waals surface area (Å²) in [6, 6.07) is 14.7. The Morgan fingerprint density at radius 3 is 2.04 bits per heavy atom. The molecule has 0 radical (unpaired) electrons. The maximum atomic E-state index is 13.3. The highest BCUT2D eigenvalue weighted by molar-refractivity contribution is 7.91. The summed E-state index contributed by atoms with van der Waals surface area (Å²) in [6.07, 6.45) is 4.39. The van der Waals surface area contributed by atoms with Crippen molar-refractivity contribution in [3.63, 3.8) is 0 Å². The lowest BCUT2D eigenvalue weighted by Crippen LogP contribution is -2.43. The summed E-state index contributed by atoms with van der Waals surface area (Å²) in [5.74, 6) is 0.264. The summed E-state index contributed by atoms with van der Waals surface area (Å²) in [4.78, 5) is 0.764. The molecule has 0 unspecified atom stereocenters. The Bertz CT molecular complexity index is 899. The number of benzene rings is 2. The minimum atomic E-state index is -3.54. The fraction of sp³-hybridized carbons (Fsp3) is 0.364. The van der Waals surface area contributed by atoms with E-state index >= 15 is 0 Å². The van der Waals surface area contributed by atoms with Crippen molar-refractivity contribution in [2.45, 2.75) is 48.0 Å². The predicted octanol–water partition coefficient (Wildman–Crippen LogP) is 4.86. The number of fused-ring (bicyclic) bond motifs is 2. The van der Waals surface area contributed by atoms with Gasteiger partial charge in [-0.1, -0.05) is 61.4 Å². The molecule has 0 saturated heterocycles. The highest BCUT2D eigenvalue weighted by atomic mass is 32.2. The Kier molecular flexibility index (Phi) is 4.28. The van der Waals surface area contributed by atoms with Gasteiger partial charge in [0, 0.05) is 11.1 Å². The molecule has 2 aromatic carbocycles. The SMILES string of the molecule is C=C(C)COC1(C2CCCC2)c2ccccc2S(=O)(=O)c2ccccc21. The van der Waals surface area contributed by atoms with Gasteiger partial charge >= 0.3 is 0 Å². The lowest BCUT2D eigenvalue weighted by Gasteiger charge is -2.44. The van der Waals surface area contributed by atoms with Gasteiger partial charge in [-0.3, -0.25) is 0 Å². The van der Waals surface area contributed by atoms with E-state index in [0.717, 1.165) is 42.4 Å². The first-order valence-corrected chi connectivity index (χ1v) is 10.7.